The number of hydrogen-bond donors (Lipinski definition) is 2. The highest BCUT2D eigenvalue weighted by Crippen LogP contribution is 2.42. The maximum atomic E-state index is 10.4. The van der Waals surface area contributed by atoms with Gasteiger partial charge in [-0.1, -0.05) is 35.3 Å². The smallest absolute Gasteiger partial charge is 0.140 e. The number of rotatable bonds is 3. The second-order valence-electron chi connectivity index (χ2n) is 5.00. The van der Waals surface area contributed by atoms with E-state index in [9.17, 15) is 5.11 Å². The van der Waals surface area contributed by atoms with Crippen molar-refractivity contribution in [2.75, 3.05) is 26.2 Å². The molecule has 1 aromatic heterocycles. The molecular weight excluding hydrogens is 327 g/mol. The lowest BCUT2D eigenvalue weighted by Gasteiger charge is -2.35. The number of thiophene rings is 1. The minimum Gasteiger partial charge on any atom is -0.506 e. The molecule has 0 spiro atoms. The molecule has 21 heavy (non-hydrogen) atoms. The van der Waals surface area contributed by atoms with Crippen molar-refractivity contribution in [1.29, 1.82) is 0 Å². The molecule has 1 aliphatic heterocycles. The van der Waals surface area contributed by atoms with E-state index in [1.807, 2.05) is 12.1 Å². The van der Waals surface area contributed by atoms with Crippen LogP contribution in [0.4, 0.5) is 0 Å². The Morgan fingerprint density at radius 3 is 2.62 bits per heavy atom. The Bertz CT molecular complexity index is 612. The first-order valence-electron chi connectivity index (χ1n) is 6.83. The van der Waals surface area contributed by atoms with Crippen molar-refractivity contribution in [2.45, 2.75) is 6.04 Å². The number of phenolic OH excluding ortho intramolecular Hbond substituents is 1. The summed E-state index contributed by atoms with van der Waals surface area (Å²) in [6.45, 7) is 3.76. The Kier molecular flexibility index (Phi) is 4.72. The van der Waals surface area contributed by atoms with Gasteiger partial charge in [-0.2, -0.15) is 0 Å². The molecule has 0 aliphatic carbocycles. The number of piperazine rings is 1. The van der Waals surface area contributed by atoms with Gasteiger partial charge < -0.3 is 10.4 Å². The molecule has 0 radical (unpaired) electrons. The number of aromatic hydroxyl groups is 1. The molecule has 2 N–H and O–H groups in total. The minimum absolute atomic E-state index is 0.0156. The van der Waals surface area contributed by atoms with Gasteiger partial charge in [-0.05, 0) is 17.5 Å². The molecule has 3 nitrogen and oxygen atoms in total. The van der Waals surface area contributed by atoms with Crippen LogP contribution in [0.3, 0.4) is 0 Å². The van der Waals surface area contributed by atoms with Crippen molar-refractivity contribution in [3.05, 3.63) is 50.1 Å². The number of phenols is 1. The Morgan fingerprint density at radius 2 is 1.95 bits per heavy atom. The van der Waals surface area contributed by atoms with Crippen LogP contribution in [0.2, 0.25) is 10.0 Å². The predicted octanol–water partition coefficient (Wildman–Crippen LogP) is 3.76. The molecular formula is C15H16Cl2N2OS. The molecule has 2 heterocycles. The lowest BCUT2D eigenvalue weighted by atomic mass is 10.0. The predicted molar refractivity (Wildman–Crippen MR) is 88.7 cm³/mol. The average molecular weight is 343 g/mol. The molecule has 1 fully saturated rings. The highest BCUT2D eigenvalue weighted by atomic mass is 35.5. The van der Waals surface area contributed by atoms with E-state index < -0.39 is 0 Å². The van der Waals surface area contributed by atoms with Gasteiger partial charge in [0.2, 0.25) is 0 Å². The lowest BCUT2D eigenvalue weighted by molar-refractivity contribution is 0.198. The van der Waals surface area contributed by atoms with E-state index in [0.717, 1.165) is 31.7 Å². The van der Waals surface area contributed by atoms with Crippen LogP contribution < -0.4 is 5.32 Å². The molecule has 1 aromatic carbocycles. The monoisotopic (exact) mass is 342 g/mol. The van der Waals surface area contributed by atoms with Crippen molar-refractivity contribution in [3.63, 3.8) is 0 Å². The van der Waals surface area contributed by atoms with E-state index in [1.165, 1.54) is 4.88 Å². The SMILES string of the molecule is Oc1c([C@H](c2cccs2)N2CCNCC2)ccc(Cl)c1Cl. The van der Waals surface area contributed by atoms with Crippen LogP contribution in [0.15, 0.2) is 29.6 Å². The summed E-state index contributed by atoms with van der Waals surface area (Å²) in [6, 6.07) is 7.77. The maximum absolute atomic E-state index is 10.4. The van der Waals surface area contributed by atoms with E-state index in [1.54, 1.807) is 17.4 Å². The highest BCUT2D eigenvalue weighted by molar-refractivity contribution is 7.10. The standard InChI is InChI=1S/C15H16Cl2N2OS/c16-11-4-3-10(15(20)13(11)17)14(12-2-1-9-21-12)19-7-5-18-6-8-19/h1-4,9,14,18,20H,5-8H2/t14-/m1/s1. The molecule has 0 unspecified atom stereocenters. The zero-order valence-corrected chi connectivity index (χ0v) is 13.7. The Morgan fingerprint density at radius 1 is 1.19 bits per heavy atom. The normalized spacial score (nSPS) is 17.8. The minimum atomic E-state index is 0.0156. The topological polar surface area (TPSA) is 35.5 Å². The van der Waals surface area contributed by atoms with Crippen molar-refractivity contribution in [3.8, 4) is 5.75 Å². The largest absolute Gasteiger partial charge is 0.506 e. The number of nitrogens with one attached hydrogen (secondary N) is 1. The van der Waals surface area contributed by atoms with E-state index in [-0.39, 0.29) is 16.8 Å². The van der Waals surface area contributed by atoms with Gasteiger partial charge in [0, 0.05) is 36.6 Å². The Balaban J connectivity index is 2.05. The quantitative estimate of drug-likeness (QED) is 0.891. The zero-order chi connectivity index (χ0) is 14.8. The fraction of sp³-hybridized carbons (Fsp3) is 0.333. The summed E-state index contributed by atoms with van der Waals surface area (Å²) in [5.74, 6) is 0.0844. The van der Waals surface area contributed by atoms with Gasteiger partial charge in [-0.15, -0.1) is 11.3 Å². The van der Waals surface area contributed by atoms with Gasteiger partial charge in [0.05, 0.1) is 11.1 Å². The fourth-order valence-electron chi connectivity index (χ4n) is 2.69. The van der Waals surface area contributed by atoms with Crippen LogP contribution in [-0.4, -0.2) is 36.2 Å². The van der Waals surface area contributed by atoms with E-state index >= 15 is 0 Å². The average Bonchev–Trinajstić information content (AvgIpc) is 3.03. The molecule has 0 saturated carbocycles. The number of halogens is 2. The maximum Gasteiger partial charge on any atom is 0.140 e. The van der Waals surface area contributed by atoms with Gasteiger partial charge in [-0.25, -0.2) is 0 Å². The van der Waals surface area contributed by atoms with Gasteiger partial charge in [0.15, 0.2) is 0 Å². The van der Waals surface area contributed by atoms with Crippen molar-refractivity contribution < 1.29 is 5.11 Å². The van der Waals surface area contributed by atoms with Gasteiger partial charge in [0.25, 0.3) is 0 Å². The molecule has 2 aromatic rings. The summed E-state index contributed by atoms with van der Waals surface area (Å²) in [5, 5.41) is 16.4. The first-order valence-corrected chi connectivity index (χ1v) is 8.47. The van der Waals surface area contributed by atoms with Gasteiger partial charge in [0.1, 0.15) is 10.8 Å². The summed E-state index contributed by atoms with van der Waals surface area (Å²) in [7, 11) is 0. The third-order valence-corrected chi connectivity index (χ3v) is 5.44. The number of nitrogens with zero attached hydrogens (tertiary/aromatic N) is 1. The van der Waals surface area contributed by atoms with E-state index in [0.29, 0.717) is 5.02 Å². The number of hydrogen-bond acceptors (Lipinski definition) is 4. The third-order valence-electron chi connectivity index (χ3n) is 3.72. The third kappa shape index (κ3) is 3.05. The Hall–Kier alpha value is -0.780. The van der Waals surface area contributed by atoms with Crippen molar-refractivity contribution in [1.82, 2.24) is 10.2 Å². The fourth-order valence-corrected chi connectivity index (χ4v) is 3.89. The van der Waals surface area contributed by atoms with Crippen LogP contribution in [0.1, 0.15) is 16.5 Å². The molecule has 1 aliphatic rings. The van der Waals surface area contributed by atoms with E-state index in [4.69, 9.17) is 23.2 Å². The first-order chi connectivity index (χ1) is 10.2. The summed E-state index contributed by atoms with van der Waals surface area (Å²) >= 11 is 13.8. The summed E-state index contributed by atoms with van der Waals surface area (Å²) in [5.41, 5.74) is 0.814. The molecule has 112 valence electrons. The molecule has 1 atom stereocenters. The first kappa shape index (κ1) is 15.1. The summed E-state index contributed by atoms with van der Waals surface area (Å²) < 4.78 is 0. The molecule has 0 amide bonds. The Labute approximate surface area is 138 Å². The van der Waals surface area contributed by atoms with E-state index in [2.05, 4.69) is 21.7 Å². The molecule has 3 rings (SSSR count). The summed E-state index contributed by atoms with van der Waals surface area (Å²) in [4.78, 5) is 3.56. The molecule has 1 saturated heterocycles. The van der Waals surface area contributed by atoms with Gasteiger partial charge >= 0.3 is 0 Å². The van der Waals surface area contributed by atoms with Gasteiger partial charge in [-0.3, -0.25) is 4.90 Å². The lowest BCUT2D eigenvalue weighted by Crippen LogP contribution is -2.45. The second-order valence-corrected chi connectivity index (χ2v) is 6.77. The van der Waals surface area contributed by atoms with Crippen LogP contribution in [0.25, 0.3) is 0 Å². The molecule has 0 bridgehead atoms. The second kappa shape index (κ2) is 6.55. The van der Waals surface area contributed by atoms with Crippen molar-refractivity contribution in [2.24, 2.45) is 0 Å². The van der Waals surface area contributed by atoms with Crippen molar-refractivity contribution >= 4 is 34.5 Å². The number of benzene rings is 1. The van der Waals surface area contributed by atoms with Crippen LogP contribution in [0, 0.1) is 0 Å². The zero-order valence-electron chi connectivity index (χ0n) is 11.4. The summed E-state index contributed by atoms with van der Waals surface area (Å²) in [6.07, 6.45) is 0. The highest BCUT2D eigenvalue weighted by Gasteiger charge is 2.28. The van der Waals surface area contributed by atoms with Crippen LogP contribution in [-0.2, 0) is 0 Å². The van der Waals surface area contributed by atoms with Crippen LogP contribution in [0.5, 0.6) is 5.75 Å². The molecule has 6 heteroatoms. The van der Waals surface area contributed by atoms with Crippen LogP contribution >= 0.6 is 34.5 Å².